The summed E-state index contributed by atoms with van der Waals surface area (Å²) < 4.78 is 3.42. The van der Waals surface area contributed by atoms with Crippen molar-refractivity contribution in [3.8, 4) is 0 Å². The summed E-state index contributed by atoms with van der Waals surface area (Å²) in [5, 5.41) is 3.58. The maximum atomic E-state index is 12.0. The molecule has 0 radical (unpaired) electrons. The predicted molar refractivity (Wildman–Crippen MR) is 90.1 cm³/mol. The Kier molecular flexibility index (Phi) is 7.80. The molecule has 1 aromatic carbocycles. The molecule has 1 aliphatic rings. The Morgan fingerprint density at radius 2 is 1.88 bits per heavy atom. The molecule has 1 saturated heterocycles. The van der Waals surface area contributed by atoms with Gasteiger partial charge in [-0.15, -0.1) is 0 Å². The number of likely N-dealkylation sites (tertiary alicyclic amines) is 1. The highest BCUT2D eigenvalue weighted by atomic mass is 35.5. The molecule has 0 saturated carbocycles. The number of benzene rings is 1. The van der Waals surface area contributed by atoms with E-state index in [1.54, 1.807) is 9.13 Å². The van der Waals surface area contributed by atoms with Crippen LogP contribution in [-0.2, 0) is 20.6 Å². The van der Waals surface area contributed by atoms with Crippen molar-refractivity contribution in [2.24, 2.45) is 14.1 Å². The predicted octanol–water partition coefficient (Wildman–Crippen LogP) is -4.54. The fraction of sp³-hybridized carbons (Fsp3) is 0.588. The molecule has 7 heteroatoms. The smallest absolute Gasteiger partial charge is 0.328 e. The lowest BCUT2D eigenvalue weighted by atomic mass is 10.1. The summed E-state index contributed by atoms with van der Waals surface area (Å²) in [6, 6.07) is 6.95. The second-order valence-electron chi connectivity index (χ2n) is 6.28. The average molecular weight is 373 g/mol. The van der Waals surface area contributed by atoms with Gasteiger partial charge in [0.15, 0.2) is 0 Å². The molecule has 1 unspecified atom stereocenters. The first kappa shape index (κ1) is 21.0. The molecule has 0 aliphatic carbocycles. The van der Waals surface area contributed by atoms with Crippen LogP contribution in [0.4, 0.5) is 0 Å². The molecule has 2 aromatic rings. The Bertz CT molecular complexity index is 725. The van der Waals surface area contributed by atoms with Crippen molar-refractivity contribution < 1.29 is 24.8 Å². The Labute approximate surface area is 155 Å². The number of imidazole rings is 1. The third-order valence-electron chi connectivity index (χ3n) is 4.95. The number of aromatic nitrogens is 2. The SMILES string of the molecule is CCN1CCCC1CNCc1ccc2c(c1)n(C)c(=O)n2C.[Cl-].[Cl-]. The average Bonchev–Trinajstić information content (AvgIpc) is 3.07. The van der Waals surface area contributed by atoms with Gasteiger partial charge in [-0.2, -0.15) is 0 Å². The Morgan fingerprint density at radius 3 is 2.58 bits per heavy atom. The van der Waals surface area contributed by atoms with E-state index in [0.29, 0.717) is 6.04 Å². The summed E-state index contributed by atoms with van der Waals surface area (Å²) in [7, 11) is 3.65. The summed E-state index contributed by atoms with van der Waals surface area (Å²) in [4.78, 5) is 14.5. The largest absolute Gasteiger partial charge is 1.00 e. The van der Waals surface area contributed by atoms with Gasteiger partial charge in [0.05, 0.1) is 11.0 Å². The number of fused-ring (bicyclic) bond motifs is 1. The molecule has 1 N–H and O–H groups in total. The minimum Gasteiger partial charge on any atom is -1.00 e. The van der Waals surface area contributed by atoms with Crippen LogP contribution in [0.25, 0.3) is 11.0 Å². The lowest BCUT2D eigenvalue weighted by Crippen LogP contribution is -3.00. The fourth-order valence-electron chi connectivity index (χ4n) is 3.59. The van der Waals surface area contributed by atoms with Crippen molar-refractivity contribution >= 4 is 11.0 Å². The monoisotopic (exact) mass is 372 g/mol. The minimum atomic E-state index is 0. The van der Waals surface area contributed by atoms with Crippen LogP contribution in [0.2, 0.25) is 0 Å². The standard InChI is InChI=1S/C17H26N4O.2ClH/c1-4-21-9-5-6-14(21)12-18-11-13-7-8-15-16(10-13)20(3)17(22)19(15)2;;/h7-8,10,14,18H,4-6,9,11-12H2,1-3H3;2*1H/p-2. The van der Waals surface area contributed by atoms with Crippen molar-refractivity contribution in [2.75, 3.05) is 19.6 Å². The van der Waals surface area contributed by atoms with E-state index in [-0.39, 0.29) is 30.5 Å². The Balaban J connectivity index is 0.00000144. The fourth-order valence-corrected chi connectivity index (χ4v) is 3.59. The van der Waals surface area contributed by atoms with Crippen LogP contribution in [0.5, 0.6) is 0 Å². The van der Waals surface area contributed by atoms with Gasteiger partial charge in [0.1, 0.15) is 0 Å². The van der Waals surface area contributed by atoms with E-state index in [4.69, 9.17) is 0 Å². The van der Waals surface area contributed by atoms with Gasteiger partial charge in [0, 0.05) is 33.2 Å². The summed E-state index contributed by atoms with van der Waals surface area (Å²) in [6.07, 6.45) is 2.62. The molecule has 24 heavy (non-hydrogen) atoms. The summed E-state index contributed by atoms with van der Waals surface area (Å²) in [5.41, 5.74) is 3.26. The Hall–Kier alpha value is -1.01. The zero-order valence-corrected chi connectivity index (χ0v) is 16.1. The number of aryl methyl sites for hydroxylation is 2. The molecule has 1 aliphatic heterocycles. The van der Waals surface area contributed by atoms with Crippen molar-refractivity contribution in [2.45, 2.75) is 32.4 Å². The van der Waals surface area contributed by atoms with E-state index in [1.807, 2.05) is 20.2 Å². The lowest BCUT2D eigenvalue weighted by Gasteiger charge is -2.23. The molecule has 136 valence electrons. The second kappa shape index (κ2) is 8.90. The third-order valence-corrected chi connectivity index (χ3v) is 4.95. The van der Waals surface area contributed by atoms with Crippen LogP contribution in [-0.4, -0.2) is 39.7 Å². The third kappa shape index (κ3) is 3.97. The van der Waals surface area contributed by atoms with Gasteiger partial charge in [-0.1, -0.05) is 13.0 Å². The van der Waals surface area contributed by atoms with Gasteiger partial charge in [-0.25, -0.2) is 4.79 Å². The van der Waals surface area contributed by atoms with Crippen LogP contribution in [0.15, 0.2) is 23.0 Å². The first-order valence-corrected chi connectivity index (χ1v) is 8.21. The van der Waals surface area contributed by atoms with Crippen molar-refractivity contribution in [1.82, 2.24) is 19.4 Å². The maximum Gasteiger partial charge on any atom is 0.328 e. The molecule has 5 nitrogen and oxygen atoms in total. The zero-order valence-electron chi connectivity index (χ0n) is 14.6. The number of nitrogens with one attached hydrogen (secondary N) is 1. The number of hydrogen-bond donors (Lipinski definition) is 1. The molecule has 1 aromatic heterocycles. The molecule has 0 amide bonds. The van der Waals surface area contributed by atoms with Gasteiger partial charge in [-0.3, -0.25) is 14.0 Å². The molecular formula is C17H26Cl2N4O-2. The summed E-state index contributed by atoms with van der Waals surface area (Å²) >= 11 is 0. The normalized spacial score (nSPS) is 17.7. The van der Waals surface area contributed by atoms with Crippen molar-refractivity contribution in [3.63, 3.8) is 0 Å². The highest BCUT2D eigenvalue weighted by Crippen LogP contribution is 2.16. The maximum absolute atomic E-state index is 12.0. The van der Waals surface area contributed by atoms with Gasteiger partial charge in [0.2, 0.25) is 0 Å². The molecular weight excluding hydrogens is 347 g/mol. The molecule has 1 atom stereocenters. The van der Waals surface area contributed by atoms with Gasteiger partial charge >= 0.3 is 5.69 Å². The van der Waals surface area contributed by atoms with E-state index < -0.39 is 0 Å². The van der Waals surface area contributed by atoms with Gasteiger partial charge in [-0.05, 0) is 43.6 Å². The first-order chi connectivity index (χ1) is 10.6. The number of hydrogen-bond acceptors (Lipinski definition) is 3. The molecule has 0 bridgehead atoms. The summed E-state index contributed by atoms with van der Waals surface area (Å²) in [5.74, 6) is 0. The van der Waals surface area contributed by atoms with Gasteiger partial charge < -0.3 is 30.1 Å². The van der Waals surface area contributed by atoms with Crippen molar-refractivity contribution in [1.29, 1.82) is 0 Å². The topological polar surface area (TPSA) is 42.2 Å². The number of halogens is 2. The highest BCUT2D eigenvalue weighted by Gasteiger charge is 2.22. The number of rotatable bonds is 5. The Morgan fingerprint density at radius 1 is 1.17 bits per heavy atom. The van der Waals surface area contributed by atoms with Crippen LogP contribution >= 0.6 is 0 Å². The zero-order chi connectivity index (χ0) is 15.7. The molecule has 2 heterocycles. The van der Waals surface area contributed by atoms with Crippen LogP contribution in [0.1, 0.15) is 25.3 Å². The van der Waals surface area contributed by atoms with Crippen molar-refractivity contribution in [3.05, 3.63) is 34.2 Å². The van der Waals surface area contributed by atoms with E-state index in [1.165, 1.54) is 24.9 Å². The van der Waals surface area contributed by atoms with E-state index in [0.717, 1.165) is 30.7 Å². The second-order valence-corrected chi connectivity index (χ2v) is 6.28. The first-order valence-electron chi connectivity index (χ1n) is 8.21. The van der Waals surface area contributed by atoms with E-state index in [2.05, 4.69) is 29.3 Å². The van der Waals surface area contributed by atoms with Crippen LogP contribution in [0, 0.1) is 0 Å². The summed E-state index contributed by atoms with van der Waals surface area (Å²) in [6.45, 7) is 6.51. The number of nitrogens with zero attached hydrogens (tertiary/aromatic N) is 3. The molecule has 1 fully saturated rings. The van der Waals surface area contributed by atoms with Crippen LogP contribution in [0.3, 0.4) is 0 Å². The number of likely N-dealkylation sites (N-methyl/N-ethyl adjacent to an activating group) is 1. The highest BCUT2D eigenvalue weighted by molar-refractivity contribution is 5.76. The molecule has 0 spiro atoms. The quantitative estimate of drug-likeness (QED) is 0.574. The molecule has 3 rings (SSSR count). The van der Waals surface area contributed by atoms with Crippen LogP contribution < -0.4 is 35.8 Å². The van der Waals surface area contributed by atoms with Gasteiger partial charge in [0.25, 0.3) is 0 Å². The minimum absolute atomic E-state index is 0. The van der Waals surface area contributed by atoms with E-state index >= 15 is 0 Å². The lowest BCUT2D eigenvalue weighted by molar-refractivity contribution is -0.001000. The van der Waals surface area contributed by atoms with E-state index in [9.17, 15) is 4.79 Å².